The zero-order valence-corrected chi connectivity index (χ0v) is 14.8. The lowest BCUT2D eigenvalue weighted by molar-refractivity contribution is 0.174. The first-order chi connectivity index (χ1) is 11.8. The van der Waals surface area contributed by atoms with Crippen molar-refractivity contribution in [2.75, 3.05) is 6.79 Å². The zero-order chi connectivity index (χ0) is 17.8. The molecule has 10 heteroatoms. The van der Waals surface area contributed by atoms with Gasteiger partial charge in [-0.15, -0.1) is 0 Å². The van der Waals surface area contributed by atoms with Gasteiger partial charge in [0.05, 0.1) is 10.4 Å². The Morgan fingerprint density at radius 3 is 2.24 bits per heavy atom. The van der Waals surface area contributed by atoms with E-state index in [0.717, 1.165) is 10.2 Å². The standard InChI is InChI=1S/C15H10ClNO6S2/c16-24(18,19)15-8-17(25(20,21)10-4-2-1-3-5-10)12-7-14-13(6-11(12)15)22-9-23-14/h1-8H,9H2. The number of halogens is 1. The first kappa shape index (κ1) is 16.2. The van der Waals surface area contributed by atoms with Gasteiger partial charge < -0.3 is 9.47 Å². The fraction of sp³-hybridized carbons (Fsp3) is 0.0667. The van der Waals surface area contributed by atoms with Gasteiger partial charge in [-0.2, -0.15) is 0 Å². The monoisotopic (exact) mass is 399 g/mol. The lowest BCUT2D eigenvalue weighted by Crippen LogP contribution is -2.11. The second-order valence-electron chi connectivity index (χ2n) is 5.27. The van der Waals surface area contributed by atoms with Gasteiger partial charge in [0.1, 0.15) is 4.90 Å². The van der Waals surface area contributed by atoms with E-state index in [2.05, 4.69) is 0 Å². The number of nitrogens with zero attached hydrogens (tertiary/aromatic N) is 1. The van der Waals surface area contributed by atoms with Gasteiger partial charge in [-0.25, -0.2) is 20.8 Å². The van der Waals surface area contributed by atoms with Crippen LogP contribution in [0.1, 0.15) is 0 Å². The summed E-state index contributed by atoms with van der Waals surface area (Å²) in [4.78, 5) is -0.301. The molecule has 1 aliphatic heterocycles. The van der Waals surface area contributed by atoms with E-state index in [9.17, 15) is 16.8 Å². The summed E-state index contributed by atoms with van der Waals surface area (Å²) in [7, 11) is -2.71. The molecule has 0 saturated heterocycles. The molecule has 0 bridgehead atoms. The molecule has 0 spiro atoms. The van der Waals surface area contributed by atoms with Crippen LogP contribution in [0.5, 0.6) is 11.5 Å². The molecule has 0 amide bonds. The van der Waals surface area contributed by atoms with Crippen molar-refractivity contribution in [3.05, 3.63) is 48.7 Å². The molecular weight excluding hydrogens is 390 g/mol. The van der Waals surface area contributed by atoms with Crippen LogP contribution in [-0.2, 0) is 19.1 Å². The Morgan fingerprint density at radius 1 is 0.960 bits per heavy atom. The van der Waals surface area contributed by atoms with Gasteiger partial charge in [-0.1, -0.05) is 18.2 Å². The first-order valence-corrected chi connectivity index (χ1v) is 10.7. The predicted molar refractivity (Wildman–Crippen MR) is 90.1 cm³/mol. The molecule has 1 aromatic heterocycles. The van der Waals surface area contributed by atoms with Gasteiger partial charge in [-0.05, 0) is 18.2 Å². The Hall–Kier alpha value is -2.23. The fourth-order valence-electron chi connectivity index (χ4n) is 2.66. The van der Waals surface area contributed by atoms with Crippen molar-refractivity contribution in [2.24, 2.45) is 0 Å². The van der Waals surface area contributed by atoms with E-state index in [-0.39, 0.29) is 27.5 Å². The highest BCUT2D eigenvalue weighted by molar-refractivity contribution is 8.14. The average Bonchev–Trinajstić information content (AvgIpc) is 3.16. The molecule has 3 aromatic rings. The molecule has 0 unspecified atom stereocenters. The van der Waals surface area contributed by atoms with E-state index in [1.54, 1.807) is 18.2 Å². The molecule has 2 heterocycles. The number of rotatable bonds is 3. The summed E-state index contributed by atoms with van der Waals surface area (Å²) in [6.45, 7) is -0.0314. The third-order valence-corrected chi connectivity index (χ3v) is 6.83. The van der Waals surface area contributed by atoms with Crippen molar-refractivity contribution in [1.82, 2.24) is 3.97 Å². The summed E-state index contributed by atoms with van der Waals surface area (Å²) in [6.07, 6.45) is 0.991. The highest BCUT2D eigenvalue weighted by Crippen LogP contribution is 2.40. The van der Waals surface area contributed by atoms with E-state index in [0.29, 0.717) is 11.5 Å². The lowest BCUT2D eigenvalue weighted by Gasteiger charge is -2.07. The van der Waals surface area contributed by atoms with Crippen LogP contribution in [-0.4, -0.2) is 27.6 Å². The average molecular weight is 400 g/mol. The van der Waals surface area contributed by atoms with Crippen LogP contribution in [0.25, 0.3) is 10.9 Å². The van der Waals surface area contributed by atoms with Crippen LogP contribution in [0.4, 0.5) is 0 Å². The van der Waals surface area contributed by atoms with Crippen LogP contribution < -0.4 is 9.47 Å². The molecular formula is C15H10ClNO6S2. The summed E-state index contributed by atoms with van der Waals surface area (Å²) in [5, 5.41) is 0.138. The van der Waals surface area contributed by atoms with Crippen molar-refractivity contribution in [3.8, 4) is 11.5 Å². The van der Waals surface area contributed by atoms with Crippen LogP contribution in [0.2, 0.25) is 0 Å². The zero-order valence-electron chi connectivity index (χ0n) is 12.4. The van der Waals surface area contributed by atoms with Gasteiger partial charge in [0.2, 0.25) is 6.79 Å². The number of hydrogen-bond donors (Lipinski definition) is 0. The third-order valence-electron chi connectivity index (χ3n) is 3.79. The Balaban J connectivity index is 2.08. The molecule has 7 nitrogen and oxygen atoms in total. The third kappa shape index (κ3) is 2.55. The van der Waals surface area contributed by atoms with Crippen molar-refractivity contribution in [2.45, 2.75) is 9.79 Å². The number of benzene rings is 2. The molecule has 130 valence electrons. The minimum absolute atomic E-state index is 0.0167. The SMILES string of the molecule is O=S(=O)(Cl)c1cn(S(=O)(=O)c2ccccc2)c2cc3c(cc12)OCO3. The van der Waals surface area contributed by atoms with Crippen molar-refractivity contribution in [1.29, 1.82) is 0 Å². The van der Waals surface area contributed by atoms with Gasteiger partial charge in [-0.3, -0.25) is 0 Å². The molecule has 0 radical (unpaired) electrons. The van der Waals surface area contributed by atoms with E-state index in [4.69, 9.17) is 20.2 Å². The highest BCUT2D eigenvalue weighted by Gasteiger charge is 2.28. The Kier molecular flexibility index (Phi) is 3.50. The maximum Gasteiger partial charge on any atom is 0.268 e. The minimum atomic E-state index is -4.18. The highest BCUT2D eigenvalue weighted by atomic mass is 35.7. The Labute approximate surface area is 147 Å². The number of fused-ring (bicyclic) bond motifs is 2. The van der Waals surface area contributed by atoms with Gasteiger partial charge in [0.25, 0.3) is 19.1 Å². The molecule has 2 aromatic carbocycles. The normalized spacial score (nSPS) is 14.1. The molecule has 0 fully saturated rings. The predicted octanol–water partition coefficient (Wildman–Crippen LogP) is 2.53. The molecule has 0 saturated carbocycles. The summed E-state index contributed by atoms with van der Waals surface area (Å²) in [5.74, 6) is 0.651. The van der Waals surface area contributed by atoms with Gasteiger partial charge >= 0.3 is 0 Å². The fourth-order valence-corrected chi connectivity index (χ4v) is 5.13. The summed E-state index contributed by atoms with van der Waals surface area (Å²) < 4.78 is 61.1. The van der Waals surface area contributed by atoms with E-state index in [1.165, 1.54) is 24.3 Å². The number of ether oxygens (including phenoxy) is 2. The van der Waals surface area contributed by atoms with E-state index < -0.39 is 19.1 Å². The maximum atomic E-state index is 12.9. The molecule has 1 aliphatic rings. The van der Waals surface area contributed by atoms with Crippen LogP contribution in [0.3, 0.4) is 0 Å². The molecule has 4 rings (SSSR count). The van der Waals surface area contributed by atoms with Crippen LogP contribution >= 0.6 is 10.7 Å². The van der Waals surface area contributed by atoms with Crippen molar-refractivity contribution < 1.29 is 26.3 Å². The smallest absolute Gasteiger partial charge is 0.268 e. The van der Waals surface area contributed by atoms with E-state index >= 15 is 0 Å². The summed E-state index contributed by atoms with van der Waals surface area (Å²) in [5.41, 5.74) is 0.132. The first-order valence-electron chi connectivity index (χ1n) is 6.98. The van der Waals surface area contributed by atoms with Crippen LogP contribution in [0, 0.1) is 0 Å². The molecule has 0 aliphatic carbocycles. The quantitative estimate of drug-likeness (QED) is 0.628. The van der Waals surface area contributed by atoms with Crippen molar-refractivity contribution in [3.63, 3.8) is 0 Å². The van der Waals surface area contributed by atoms with E-state index in [1.807, 2.05) is 0 Å². The Morgan fingerprint density at radius 2 is 1.60 bits per heavy atom. The minimum Gasteiger partial charge on any atom is -0.454 e. The molecule has 25 heavy (non-hydrogen) atoms. The van der Waals surface area contributed by atoms with Crippen molar-refractivity contribution >= 4 is 40.7 Å². The van der Waals surface area contributed by atoms with Gasteiger partial charge in [0.15, 0.2) is 11.5 Å². The van der Waals surface area contributed by atoms with Crippen LogP contribution in [0.15, 0.2) is 58.5 Å². The summed E-state index contributed by atoms with van der Waals surface area (Å²) in [6, 6.07) is 10.5. The summed E-state index contributed by atoms with van der Waals surface area (Å²) >= 11 is 0. The van der Waals surface area contributed by atoms with Gasteiger partial charge in [0, 0.05) is 28.3 Å². The topological polar surface area (TPSA) is 91.7 Å². The maximum absolute atomic E-state index is 12.9. The molecule has 0 N–H and O–H groups in total. The second-order valence-corrected chi connectivity index (χ2v) is 9.62. The number of hydrogen-bond acceptors (Lipinski definition) is 6. The largest absolute Gasteiger partial charge is 0.454 e. The lowest BCUT2D eigenvalue weighted by atomic mass is 10.2. The second kappa shape index (κ2) is 5.38. The molecule has 0 atom stereocenters. The number of aromatic nitrogens is 1. The Bertz CT molecular complexity index is 1200.